The number of hydrogen-bond acceptors (Lipinski definition) is 8. The molecule has 188 valence electrons. The number of aromatic nitrogens is 5. The molecule has 0 aliphatic carbocycles. The SMILES string of the molecule is NC(=S)N/N=C1/C[C@H](n2nc(-n3nc(-c4ccccc4)cc3-c3ccccc3)n(N)c2=S)[C@@H]2CO[C@H]1O2. The van der Waals surface area contributed by atoms with Crippen molar-refractivity contribution >= 4 is 35.3 Å². The van der Waals surface area contributed by atoms with Crippen molar-refractivity contribution in [1.29, 1.82) is 0 Å². The van der Waals surface area contributed by atoms with Crippen LogP contribution in [0.5, 0.6) is 0 Å². The van der Waals surface area contributed by atoms with Gasteiger partial charge in [-0.2, -0.15) is 19.6 Å². The van der Waals surface area contributed by atoms with Crippen molar-refractivity contribution in [2.24, 2.45) is 10.8 Å². The number of nitrogens with zero attached hydrogens (tertiary/aromatic N) is 6. The van der Waals surface area contributed by atoms with Gasteiger partial charge < -0.3 is 21.1 Å². The lowest BCUT2D eigenvalue weighted by molar-refractivity contribution is -0.0323. The van der Waals surface area contributed by atoms with Crippen molar-refractivity contribution in [2.75, 3.05) is 12.4 Å². The Labute approximate surface area is 222 Å². The summed E-state index contributed by atoms with van der Waals surface area (Å²) >= 11 is 10.6. The monoisotopic (exact) mass is 533 g/mol. The zero-order chi connectivity index (χ0) is 25.5. The molecule has 2 saturated heterocycles. The maximum Gasteiger partial charge on any atom is 0.270 e. The Hall–Kier alpha value is -3.91. The van der Waals surface area contributed by atoms with Crippen LogP contribution < -0.4 is 17.0 Å². The molecule has 2 aromatic carbocycles. The third-order valence-electron chi connectivity index (χ3n) is 6.31. The molecule has 11 nitrogen and oxygen atoms in total. The van der Waals surface area contributed by atoms with Crippen molar-refractivity contribution < 1.29 is 9.47 Å². The summed E-state index contributed by atoms with van der Waals surface area (Å²) in [6.45, 7) is 0.366. The van der Waals surface area contributed by atoms with Crippen LogP contribution in [0.4, 0.5) is 0 Å². The number of hydrogen-bond donors (Lipinski definition) is 3. The van der Waals surface area contributed by atoms with Crippen molar-refractivity contribution in [3.05, 3.63) is 71.5 Å². The summed E-state index contributed by atoms with van der Waals surface area (Å²) in [6, 6.07) is 21.6. The molecular formula is C24H23N9O2S2. The largest absolute Gasteiger partial charge is 0.375 e. The van der Waals surface area contributed by atoms with E-state index < -0.39 is 6.29 Å². The second-order valence-corrected chi connectivity index (χ2v) is 9.45. The summed E-state index contributed by atoms with van der Waals surface area (Å²) in [7, 11) is 0. The standard InChI is InChI=1S/C24H23N9O2S2/c25-22(36)28-27-17-12-19(20-13-34-21(17)35-20)33-24(37)31(26)23(30-33)32-18(15-9-5-2-6-10-15)11-16(29-32)14-7-3-1-4-8-14/h1-11,19-21H,12-13,26H2,(H3,25,28,36)/b27-17-/t19-,20-,21-/m0/s1. The third kappa shape index (κ3) is 4.31. The first-order valence-corrected chi connectivity index (χ1v) is 12.4. The van der Waals surface area contributed by atoms with E-state index in [4.69, 9.17) is 55.7 Å². The van der Waals surface area contributed by atoms with Crippen LogP contribution in [-0.2, 0) is 9.47 Å². The summed E-state index contributed by atoms with van der Waals surface area (Å²) in [4.78, 5) is 0. The molecule has 37 heavy (non-hydrogen) atoms. The second kappa shape index (κ2) is 9.52. The predicted octanol–water partition coefficient (Wildman–Crippen LogP) is 2.52. The van der Waals surface area contributed by atoms with Crippen LogP contribution in [0.2, 0.25) is 0 Å². The molecule has 4 aromatic rings. The number of nitrogen functional groups attached to an aromatic ring is 1. The molecule has 2 fully saturated rings. The third-order valence-corrected chi connectivity index (χ3v) is 6.78. The van der Waals surface area contributed by atoms with Crippen LogP contribution in [0.3, 0.4) is 0 Å². The number of thiocarbonyl (C=S) groups is 1. The summed E-state index contributed by atoms with van der Waals surface area (Å²) < 4.78 is 16.8. The topological polar surface area (TPSA) is 135 Å². The van der Waals surface area contributed by atoms with Gasteiger partial charge in [0.05, 0.1) is 29.7 Å². The van der Waals surface area contributed by atoms with E-state index in [2.05, 4.69) is 10.5 Å². The molecule has 2 aliphatic rings. The Morgan fingerprint density at radius 3 is 2.46 bits per heavy atom. The minimum Gasteiger partial charge on any atom is -0.375 e. The summed E-state index contributed by atoms with van der Waals surface area (Å²) in [5, 5.41) is 14.0. The van der Waals surface area contributed by atoms with E-state index in [0.717, 1.165) is 22.5 Å². The highest BCUT2D eigenvalue weighted by Crippen LogP contribution is 2.34. The number of nitrogens with one attached hydrogen (secondary N) is 1. The quantitative estimate of drug-likeness (QED) is 0.201. The highest BCUT2D eigenvalue weighted by Gasteiger charge is 2.44. The van der Waals surface area contributed by atoms with Crippen LogP contribution in [0.1, 0.15) is 12.5 Å². The van der Waals surface area contributed by atoms with Gasteiger partial charge in [-0.25, -0.2) is 4.68 Å². The average Bonchev–Trinajstić information content (AvgIpc) is 3.62. The van der Waals surface area contributed by atoms with Gasteiger partial charge in [0.25, 0.3) is 5.95 Å². The Bertz CT molecular complexity index is 1550. The Kier molecular flexibility index (Phi) is 6.04. The number of ether oxygens (including phenoxy) is 2. The number of fused-ring (bicyclic) bond motifs is 2. The molecule has 13 heteroatoms. The van der Waals surface area contributed by atoms with Crippen molar-refractivity contribution in [1.82, 2.24) is 29.7 Å². The molecule has 2 aromatic heterocycles. The predicted molar refractivity (Wildman–Crippen MR) is 145 cm³/mol. The van der Waals surface area contributed by atoms with E-state index in [9.17, 15) is 0 Å². The molecular weight excluding hydrogens is 510 g/mol. The van der Waals surface area contributed by atoms with Gasteiger partial charge in [-0.1, -0.05) is 60.7 Å². The van der Waals surface area contributed by atoms with Gasteiger partial charge in [0.1, 0.15) is 6.10 Å². The maximum absolute atomic E-state index is 6.49. The van der Waals surface area contributed by atoms with Gasteiger partial charge >= 0.3 is 0 Å². The van der Waals surface area contributed by atoms with Crippen LogP contribution in [0, 0.1) is 4.77 Å². The lowest BCUT2D eigenvalue weighted by atomic mass is 10.0. The highest BCUT2D eigenvalue weighted by molar-refractivity contribution is 7.80. The fourth-order valence-corrected chi connectivity index (χ4v) is 4.85. The lowest BCUT2D eigenvalue weighted by Gasteiger charge is -2.28. The summed E-state index contributed by atoms with van der Waals surface area (Å²) in [5.41, 5.74) is 12.3. The number of rotatable bonds is 5. The fourth-order valence-electron chi connectivity index (χ4n) is 4.55. The van der Waals surface area contributed by atoms with Gasteiger partial charge in [0, 0.05) is 17.5 Å². The van der Waals surface area contributed by atoms with Crippen LogP contribution in [-0.4, -0.2) is 54.1 Å². The molecule has 2 aliphatic heterocycles. The van der Waals surface area contributed by atoms with Crippen molar-refractivity contribution in [3.63, 3.8) is 0 Å². The van der Waals surface area contributed by atoms with Gasteiger partial charge in [0.15, 0.2) is 11.4 Å². The first-order chi connectivity index (χ1) is 18.0. The van der Waals surface area contributed by atoms with E-state index >= 15 is 0 Å². The molecule has 4 heterocycles. The molecule has 5 N–H and O–H groups in total. The van der Waals surface area contributed by atoms with Gasteiger partial charge in [-0.15, -0.1) is 5.10 Å². The van der Waals surface area contributed by atoms with E-state index in [-0.39, 0.29) is 17.3 Å². The van der Waals surface area contributed by atoms with E-state index in [1.165, 1.54) is 4.68 Å². The smallest absolute Gasteiger partial charge is 0.270 e. The highest BCUT2D eigenvalue weighted by atomic mass is 32.1. The molecule has 2 bridgehead atoms. The summed E-state index contributed by atoms with van der Waals surface area (Å²) in [5.74, 6) is 6.85. The molecule has 0 radical (unpaired) electrons. The Balaban J connectivity index is 1.44. The molecule has 3 atom stereocenters. The fraction of sp³-hybridized carbons (Fsp3) is 0.208. The minimum absolute atomic E-state index is 0.0515. The molecule has 6 rings (SSSR count). The number of hydrazone groups is 1. The first kappa shape index (κ1) is 23.5. The number of benzene rings is 2. The van der Waals surface area contributed by atoms with Crippen LogP contribution in [0.15, 0.2) is 71.8 Å². The Morgan fingerprint density at radius 1 is 1.05 bits per heavy atom. The van der Waals surface area contributed by atoms with E-state index in [1.807, 2.05) is 66.7 Å². The van der Waals surface area contributed by atoms with Gasteiger partial charge in [-0.05, 0) is 30.5 Å². The minimum atomic E-state index is -0.569. The van der Waals surface area contributed by atoms with E-state index in [1.54, 1.807) is 9.36 Å². The molecule has 0 spiro atoms. The zero-order valence-corrected chi connectivity index (χ0v) is 21.1. The van der Waals surface area contributed by atoms with E-state index in [0.29, 0.717) is 29.5 Å². The van der Waals surface area contributed by atoms with Crippen molar-refractivity contribution in [3.8, 4) is 28.5 Å². The average molecular weight is 534 g/mol. The second-order valence-electron chi connectivity index (χ2n) is 8.65. The lowest BCUT2D eigenvalue weighted by Crippen LogP contribution is -2.39. The van der Waals surface area contributed by atoms with Crippen LogP contribution >= 0.6 is 24.4 Å². The van der Waals surface area contributed by atoms with Gasteiger partial charge in [0.2, 0.25) is 4.77 Å². The Morgan fingerprint density at radius 2 is 1.76 bits per heavy atom. The molecule has 0 saturated carbocycles. The maximum atomic E-state index is 6.49. The van der Waals surface area contributed by atoms with Gasteiger partial charge in [-0.3, -0.25) is 5.43 Å². The normalized spacial score (nSPS) is 21.8. The van der Waals surface area contributed by atoms with Crippen molar-refractivity contribution in [2.45, 2.75) is 24.9 Å². The molecule has 0 unspecified atom stereocenters. The zero-order valence-electron chi connectivity index (χ0n) is 19.5. The number of nitrogens with two attached hydrogens (primary N) is 2. The summed E-state index contributed by atoms with van der Waals surface area (Å²) in [6.07, 6.45) is -0.370. The molecule has 0 amide bonds. The first-order valence-electron chi connectivity index (χ1n) is 11.6. The van der Waals surface area contributed by atoms with Crippen LogP contribution in [0.25, 0.3) is 28.5 Å².